The molecule has 0 saturated carbocycles. The van der Waals surface area contributed by atoms with Crippen molar-refractivity contribution in [3.05, 3.63) is 30.1 Å². The fourth-order valence-electron chi connectivity index (χ4n) is 2.51. The molecule has 120 valence electrons. The number of hydrogen-bond donors (Lipinski definition) is 1. The lowest BCUT2D eigenvalue weighted by atomic mass is 10.0. The van der Waals surface area contributed by atoms with Gasteiger partial charge >= 0.3 is 0 Å². The summed E-state index contributed by atoms with van der Waals surface area (Å²) >= 11 is 0. The molecule has 1 aliphatic rings. The second-order valence-electron chi connectivity index (χ2n) is 5.13. The number of nitrogens with zero attached hydrogens (tertiary/aromatic N) is 2. The number of pyridine rings is 1. The summed E-state index contributed by atoms with van der Waals surface area (Å²) in [6.07, 6.45) is 4.65. The lowest BCUT2D eigenvalue weighted by Gasteiger charge is -2.21. The topological polar surface area (TPSA) is 45.2 Å². The minimum Gasteiger partial charge on any atom is -0.337 e. The normalized spacial score (nSPS) is 16.7. The molecular weight excluding hydrogens is 309 g/mol. The molecule has 21 heavy (non-hydrogen) atoms. The second-order valence-corrected chi connectivity index (χ2v) is 5.13. The second kappa shape index (κ2) is 10.8. The van der Waals surface area contributed by atoms with Gasteiger partial charge in [-0.15, -0.1) is 24.8 Å². The minimum absolute atomic E-state index is 0. The first-order valence-corrected chi connectivity index (χ1v) is 7.18. The summed E-state index contributed by atoms with van der Waals surface area (Å²) < 4.78 is 0. The Bertz CT molecular complexity index is 397. The van der Waals surface area contributed by atoms with Gasteiger partial charge < -0.3 is 10.2 Å². The van der Waals surface area contributed by atoms with Crippen LogP contribution in [-0.4, -0.2) is 35.4 Å². The van der Waals surface area contributed by atoms with E-state index in [-0.39, 0.29) is 30.7 Å². The highest BCUT2D eigenvalue weighted by Gasteiger charge is 2.18. The summed E-state index contributed by atoms with van der Waals surface area (Å²) in [6, 6.07) is 5.83. The Hall–Kier alpha value is -0.840. The quantitative estimate of drug-likeness (QED) is 0.870. The number of rotatable bonds is 6. The van der Waals surface area contributed by atoms with E-state index in [9.17, 15) is 4.79 Å². The third kappa shape index (κ3) is 6.64. The van der Waals surface area contributed by atoms with Gasteiger partial charge in [-0.1, -0.05) is 6.07 Å². The molecule has 0 bridgehead atoms. The maximum absolute atomic E-state index is 12.2. The van der Waals surface area contributed by atoms with Crippen LogP contribution in [0.25, 0.3) is 0 Å². The molecule has 0 aromatic carbocycles. The van der Waals surface area contributed by atoms with Crippen LogP contribution in [0.3, 0.4) is 0 Å². The SMILES string of the molecule is CCN(Cc1ccccn1)C(=O)CCC1CCNC1.Cl.Cl. The van der Waals surface area contributed by atoms with Crippen LogP contribution in [0.2, 0.25) is 0 Å². The molecule has 1 unspecified atom stereocenters. The summed E-state index contributed by atoms with van der Waals surface area (Å²) in [5.74, 6) is 0.928. The van der Waals surface area contributed by atoms with Crippen LogP contribution in [0.15, 0.2) is 24.4 Å². The summed E-state index contributed by atoms with van der Waals surface area (Å²) in [7, 11) is 0. The molecule has 1 fully saturated rings. The van der Waals surface area contributed by atoms with Crippen molar-refractivity contribution in [3.8, 4) is 0 Å². The number of hydrogen-bond acceptors (Lipinski definition) is 3. The van der Waals surface area contributed by atoms with E-state index in [2.05, 4.69) is 10.3 Å². The van der Waals surface area contributed by atoms with Gasteiger partial charge in [0.1, 0.15) is 0 Å². The third-order valence-electron chi connectivity index (χ3n) is 3.74. The molecule has 0 aliphatic carbocycles. The highest BCUT2D eigenvalue weighted by Crippen LogP contribution is 2.15. The highest BCUT2D eigenvalue weighted by molar-refractivity contribution is 5.85. The molecule has 2 rings (SSSR count). The van der Waals surface area contributed by atoms with Crippen molar-refractivity contribution in [1.82, 2.24) is 15.2 Å². The van der Waals surface area contributed by atoms with Gasteiger partial charge in [-0.2, -0.15) is 0 Å². The van der Waals surface area contributed by atoms with E-state index in [1.54, 1.807) is 6.20 Å². The standard InChI is InChI=1S/C15H23N3O.2ClH/c1-2-18(12-14-5-3-4-9-17-14)15(19)7-6-13-8-10-16-11-13;;/h3-5,9,13,16H,2,6-8,10-12H2,1H3;2*1H. The van der Waals surface area contributed by atoms with Crippen molar-refractivity contribution in [2.45, 2.75) is 32.7 Å². The number of carbonyl (C=O) groups excluding carboxylic acids is 1. The number of carbonyl (C=O) groups is 1. The molecule has 1 aromatic rings. The monoisotopic (exact) mass is 333 g/mol. The Labute approximate surface area is 139 Å². The van der Waals surface area contributed by atoms with Crippen molar-refractivity contribution in [2.24, 2.45) is 5.92 Å². The van der Waals surface area contributed by atoms with Gasteiger partial charge in [0, 0.05) is 19.2 Å². The molecule has 4 nitrogen and oxygen atoms in total. The molecule has 1 aromatic heterocycles. The van der Waals surface area contributed by atoms with Crippen molar-refractivity contribution < 1.29 is 4.79 Å². The van der Waals surface area contributed by atoms with Crippen LogP contribution in [0.4, 0.5) is 0 Å². The Morgan fingerprint density at radius 2 is 2.24 bits per heavy atom. The number of nitrogens with one attached hydrogen (secondary N) is 1. The smallest absolute Gasteiger partial charge is 0.222 e. The number of aromatic nitrogens is 1. The Kier molecular flexibility index (Phi) is 10.4. The number of halogens is 2. The maximum atomic E-state index is 12.2. The van der Waals surface area contributed by atoms with Gasteiger partial charge in [0.05, 0.1) is 12.2 Å². The van der Waals surface area contributed by atoms with Crippen molar-refractivity contribution in [2.75, 3.05) is 19.6 Å². The zero-order valence-electron chi connectivity index (χ0n) is 12.5. The van der Waals surface area contributed by atoms with E-state index < -0.39 is 0 Å². The number of amides is 1. The molecule has 1 saturated heterocycles. The van der Waals surface area contributed by atoms with Crippen LogP contribution in [0.5, 0.6) is 0 Å². The Morgan fingerprint density at radius 3 is 2.81 bits per heavy atom. The Morgan fingerprint density at radius 1 is 1.43 bits per heavy atom. The van der Waals surface area contributed by atoms with E-state index in [0.717, 1.165) is 31.7 Å². The van der Waals surface area contributed by atoms with Crippen molar-refractivity contribution >= 4 is 30.7 Å². The summed E-state index contributed by atoms with van der Waals surface area (Å²) in [4.78, 5) is 18.4. The van der Waals surface area contributed by atoms with E-state index in [1.165, 1.54) is 6.42 Å². The summed E-state index contributed by atoms with van der Waals surface area (Å²) in [5.41, 5.74) is 0.959. The Balaban J connectivity index is 0.00000200. The van der Waals surface area contributed by atoms with E-state index in [4.69, 9.17) is 0 Å². The molecule has 2 heterocycles. The predicted octanol–water partition coefficient (Wildman–Crippen LogP) is 2.66. The molecule has 6 heteroatoms. The predicted molar refractivity (Wildman–Crippen MR) is 90.0 cm³/mol. The first-order chi connectivity index (χ1) is 9.29. The first kappa shape index (κ1) is 20.2. The average Bonchev–Trinajstić information content (AvgIpc) is 2.96. The van der Waals surface area contributed by atoms with Crippen molar-refractivity contribution in [3.63, 3.8) is 0 Å². The van der Waals surface area contributed by atoms with Crippen molar-refractivity contribution in [1.29, 1.82) is 0 Å². The summed E-state index contributed by atoms with van der Waals surface area (Å²) in [6.45, 7) is 5.57. The first-order valence-electron chi connectivity index (χ1n) is 7.18. The van der Waals surface area contributed by atoms with E-state index in [1.807, 2.05) is 30.0 Å². The minimum atomic E-state index is 0. The largest absolute Gasteiger partial charge is 0.337 e. The zero-order valence-corrected chi connectivity index (χ0v) is 14.1. The molecule has 1 N–H and O–H groups in total. The van der Waals surface area contributed by atoms with Crippen LogP contribution in [0, 0.1) is 5.92 Å². The molecular formula is C15H25Cl2N3O. The lowest BCUT2D eigenvalue weighted by Crippen LogP contribution is -2.30. The van der Waals surface area contributed by atoms with E-state index >= 15 is 0 Å². The van der Waals surface area contributed by atoms with Gasteiger partial charge in [-0.05, 0) is 50.9 Å². The van der Waals surface area contributed by atoms with Crippen LogP contribution in [-0.2, 0) is 11.3 Å². The molecule has 1 amide bonds. The van der Waals surface area contributed by atoms with Gasteiger partial charge in [-0.25, -0.2) is 0 Å². The molecule has 1 aliphatic heterocycles. The van der Waals surface area contributed by atoms with Gasteiger partial charge in [0.25, 0.3) is 0 Å². The molecule has 0 spiro atoms. The highest BCUT2D eigenvalue weighted by atomic mass is 35.5. The van der Waals surface area contributed by atoms with Gasteiger partial charge in [0.15, 0.2) is 0 Å². The average molecular weight is 334 g/mol. The fraction of sp³-hybridized carbons (Fsp3) is 0.600. The van der Waals surface area contributed by atoms with E-state index in [0.29, 0.717) is 18.9 Å². The van der Waals surface area contributed by atoms with Crippen LogP contribution < -0.4 is 5.32 Å². The van der Waals surface area contributed by atoms with Crippen LogP contribution >= 0.6 is 24.8 Å². The van der Waals surface area contributed by atoms with Gasteiger partial charge in [-0.3, -0.25) is 9.78 Å². The maximum Gasteiger partial charge on any atom is 0.222 e. The molecule has 0 radical (unpaired) electrons. The van der Waals surface area contributed by atoms with Crippen LogP contribution in [0.1, 0.15) is 31.9 Å². The van der Waals surface area contributed by atoms with Gasteiger partial charge in [0.2, 0.25) is 5.91 Å². The zero-order chi connectivity index (χ0) is 13.5. The fourth-order valence-corrected chi connectivity index (χ4v) is 2.51. The molecule has 1 atom stereocenters. The summed E-state index contributed by atoms with van der Waals surface area (Å²) in [5, 5.41) is 3.34. The third-order valence-corrected chi connectivity index (χ3v) is 3.74. The lowest BCUT2D eigenvalue weighted by molar-refractivity contribution is -0.131.